The van der Waals surface area contributed by atoms with Crippen LogP contribution in [-0.4, -0.2) is 30.5 Å². The van der Waals surface area contributed by atoms with E-state index in [2.05, 4.69) is 22.4 Å². The lowest BCUT2D eigenvalue weighted by molar-refractivity contribution is 0.500. The molecule has 0 rings (SSSR count). The topological polar surface area (TPSA) is 24.1 Å². The lowest BCUT2D eigenvalue weighted by Gasteiger charge is -2.11. The average molecular weight is 144 g/mol. The SMILES string of the molecule is CNC(CC=C[SiH3])NC. The quantitative estimate of drug-likeness (QED) is 0.391. The maximum absolute atomic E-state index is 3.14. The molecule has 0 saturated carbocycles. The molecule has 2 N–H and O–H groups in total. The second kappa shape index (κ2) is 6.00. The van der Waals surface area contributed by atoms with Crippen LogP contribution in [0.1, 0.15) is 6.42 Å². The fourth-order valence-electron chi connectivity index (χ4n) is 0.652. The van der Waals surface area contributed by atoms with Gasteiger partial charge in [0.25, 0.3) is 0 Å². The van der Waals surface area contributed by atoms with Gasteiger partial charge in [0, 0.05) is 10.2 Å². The van der Waals surface area contributed by atoms with Gasteiger partial charge in [0.2, 0.25) is 0 Å². The monoisotopic (exact) mass is 144 g/mol. The second-order valence-electron chi connectivity index (χ2n) is 1.93. The van der Waals surface area contributed by atoms with Gasteiger partial charge in [-0.3, -0.25) is 0 Å². The Morgan fingerprint density at radius 3 is 2.33 bits per heavy atom. The summed E-state index contributed by atoms with van der Waals surface area (Å²) in [4.78, 5) is 0. The number of nitrogens with one attached hydrogen (secondary N) is 2. The molecule has 0 aromatic rings. The Morgan fingerprint density at radius 2 is 2.00 bits per heavy atom. The van der Waals surface area contributed by atoms with E-state index >= 15 is 0 Å². The predicted octanol–water partition coefficient (Wildman–Crippen LogP) is -0.980. The summed E-state index contributed by atoms with van der Waals surface area (Å²) in [5.41, 5.74) is 2.20. The molecule has 0 amide bonds. The number of rotatable bonds is 4. The van der Waals surface area contributed by atoms with Gasteiger partial charge in [0.05, 0.1) is 6.17 Å². The zero-order valence-corrected chi connectivity index (χ0v) is 8.44. The molecule has 0 aliphatic rings. The van der Waals surface area contributed by atoms with E-state index in [1.807, 2.05) is 14.1 Å². The summed E-state index contributed by atoms with van der Waals surface area (Å²) in [7, 11) is 5.08. The molecule has 54 valence electrons. The molecule has 0 aliphatic carbocycles. The van der Waals surface area contributed by atoms with Crippen molar-refractivity contribution < 1.29 is 0 Å². The summed E-state index contributed by atoms with van der Waals surface area (Å²) in [5.74, 6) is 0. The fraction of sp³-hybridized carbons (Fsp3) is 0.667. The van der Waals surface area contributed by atoms with Crippen LogP contribution >= 0.6 is 0 Å². The van der Waals surface area contributed by atoms with E-state index in [-0.39, 0.29) is 0 Å². The largest absolute Gasteiger partial charge is 0.305 e. The van der Waals surface area contributed by atoms with E-state index < -0.39 is 0 Å². The molecule has 0 fully saturated rings. The van der Waals surface area contributed by atoms with Crippen LogP contribution in [0.3, 0.4) is 0 Å². The van der Waals surface area contributed by atoms with Crippen molar-refractivity contribution in [2.45, 2.75) is 12.6 Å². The molecule has 0 atom stereocenters. The van der Waals surface area contributed by atoms with E-state index in [1.54, 1.807) is 0 Å². The zero-order chi connectivity index (χ0) is 7.11. The molecule has 0 radical (unpaired) electrons. The van der Waals surface area contributed by atoms with Gasteiger partial charge in [-0.15, -0.1) is 5.70 Å². The van der Waals surface area contributed by atoms with Crippen molar-refractivity contribution in [2.75, 3.05) is 14.1 Å². The molecule has 9 heavy (non-hydrogen) atoms. The van der Waals surface area contributed by atoms with E-state index in [4.69, 9.17) is 0 Å². The van der Waals surface area contributed by atoms with Gasteiger partial charge in [0.1, 0.15) is 0 Å². The maximum Gasteiger partial charge on any atom is 0.0602 e. The Bertz CT molecular complexity index is 79.1. The Hall–Kier alpha value is -0.123. The molecule has 0 aromatic heterocycles. The minimum atomic E-state index is 0.440. The molecule has 0 bridgehead atoms. The maximum atomic E-state index is 3.14. The second-order valence-corrected chi connectivity index (χ2v) is 2.60. The predicted molar refractivity (Wildman–Crippen MR) is 45.6 cm³/mol. The summed E-state index contributed by atoms with van der Waals surface area (Å²) in [6.45, 7) is 0. The molecule has 0 heterocycles. The molecule has 0 saturated heterocycles. The van der Waals surface area contributed by atoms with Gasteiger partial charge in [0.15, 0.2) is 0 Å². The molecule has 0 spiro atoms. The van der Waals surface area contributed by atoms with Crippen LogP contribution in [0.25, 0.3) is 0 Å². The Kier molecular flexibility index (Phi) is 5.92. The first-order valence-corrected chi connectivity index (χ1v) is 4.46. The van der Waals surface area contributed by atoms with Gasteiger partial charge in [-0.2, -0.15) is 0 Å². The van der Waals surface area contributed by atoms with Gasteiger partial charge in [-0.05, 0) is 20.5 Å². The Balaban J connectivity index is 3.31. The molecular formula is C6H16N2Si. The fourth-order valence-corrected chi connectivity index (χ4v) is 0.924. The molecule has 0 aromatic carbocycles. The third kappa shape index (κ3) is 4.38. The lowest BCUT2D eigenvalue weighted by atomic mass is 10.3. The Morgan fingerprint density at radius 1 is 1.44 bits per heavy atom. The first-order chi connectivity index (χ1) is 4.35. The minimum absolute atomic E-state index is 0.440. The molecule has 0 aliphatic heterocycles. The first-order valence-electron chi connectivity index (χ1n) is 3.30. The highest BCUT2D eigenvalue weighted by atomic mass is 28.1. The van der Waals surface area contributed by atoms with E-state index in [9.17, 15) is 0 Å². The van der Waals surface area contributed by atoms with Gasteiger partial charge in [-0.1, -0.05) is 6.08 Å². The van der Waals surface area contributed by atoms with E-state index in [0.29, 0.717) is 6.17 Å². The normalized spacial score (nSPS) is 11.9. The standard InChI is InChI=1S/C6H16N2Si/c1-7-6(8-2)4-3-5-9/h3,5-8H,4H2,1-2,9H3. The van der Waals surface area contributed by atoms with E-state index in [1.165, 1.54) is 0 Å². The van der Waals surface area contributed by atoms with Crippen molar-refractivity contribution in [1.29, 1.82) is 0 Å². The van der Waals surface area contributed by atoms with Crippen LogP contribution in [0.15, 0.2) is 11.8 Å². The smallest absolute Gasteiger partial charge is 0.0602 e. The molecule has 0 unspecified atom stereocenters. The van der Waals surface area contributed by atoms with Crippen molar-refractivity contribution in [3.63, 3.8) is 0 Å². The Labute approximate surface area is 60.1 Å². The van der Waals surface area contributed by atoms with Crippen LogP contribution < -0.4 is 10.6 Å². The van der Waals surface area contributed by atoms with Crippen LogP contribution in [-0.2, 0) is 0 Å². The number of hydrogen-bond acceptors (Lipinski definition) is 2. The van der Waals surface area contributed by atoms with Crippen LogP contribution in [0.2, 0.25) is 0 Å². The third-order valence-corrected chi connectivity index (χ3v) is 1.78. The van der Waals surface area contributed by atoms with Crippen LogP contribution in [0, 0.1) is 0 Å². The summed E-state index contributed by atoms with van der Waals surface area (Å²) in [6, 6.07) is 0. The third-order valence-electron chi connectivity index (χ3n) is 1.30. The van der Waals surface area contributed by atoms with Crippen molar-refractivity contribution >= 4 is 10.2 Å². The molecule has 2 nitrogen and oxygen atoms in total. The highest BCUT2D eigenvalue weighted by Gasteiger charge is 1.95. The zero-order valence-electron chi connectivity index (χ0n) is 6.44. The lowest BCUT2D eigenvalue weighted by Crippen LogP contribution is -2.36. The minimum Gasteiger partial charge on any atom is -0.305 e. The summed E-state index contributed by atoms with van der Waals surface area (Å²) < 4.78 is 0. The van der Waals surface area contributed by atoms with Gasteiger partial charge >= 0.3 is 0 Å². The highest BCUT2D eigenvalue weighted by Crippen LogP contribution is 1.85. The number of hydrogen-bond donors (Lipinski definition) is 2. The summed E-state index contributed by atoms with van der Waals surface area (Å²) >= 11 is 0. The van der Waals surface area contributed by atoms with Crippen molar-refractivity contribution in [3.8, 4) is 0 Å². The summed E-state index contributed by atoms with van der Waals surface area (Å²) in [5, 5.41) is 6.28. The van der Waals surface area contributed by atoms with Gasteiger partial charge < -0.3 is 10.6 Å². The van der Waals surface area contributed by atoms with Crippen molar-refractivity contribution in [1.82, 2.24) is 10.6 Å². The molecule has 3 heteroatoms. The average Bonchev–Trinajstić information content (AvgIpc) is 1.91. The van der Waals surface area contributed by atoms with Crippen LogP contribution in [0.4, 0.5) is 0 Å². The van der Waals surface area contributed by atoms with Crippen LogP contribution in [0.5, 0.6) is 0 Å². The van der Waals surface area contributed by atoms with Gasteiger partial charge in [-0.25, -0.2) is 0 Å². The van der Waals surface area contributed by atoms with Crippen molar-refractivity contribution in [2.24, 2.45) is 0 Å². The van der Waals surface area contributed by atoms with E-state index in [0.717, 1.165) is 16.7 Å². The first kappa shape index (κ1) is 8.88. The molecular weight excluding hydrogens is 128 g/mol. The van der Waals surface area contributed by atoms with Crippen molar-refractivity contribution in [3.05, 3.63) is 11.8 Å². The summed E-state index contributed by atoms with van der Waals surface area (Å²) in [6.07, 6.45) is 3.72. The highest BCUT2D eigenvalue weighted by molar-refractivity contribution is 6.16.